The summed E-state index contributed by atoms with van der Waals surface area (Å²) in [5, 5.41) is 3.48. The van der Waals surface area contributed by atoms with Crippen molar-refractivity contribution in [3.05, 3.63) is 77.3 Å². The van der Waals surface area contributed by atoms with Crippen LogP contribution in [0.5, 0.6) is 17.2 Å². The highest BCUT2D eigenvalue weighted by Crippen LogP contribution is 2.43. The molecule has 2 heterocycles. The van der Waals surface area contributed by atoms with Gasteiger partial charge in [-0.2, -0.15) is 0 Å². The van der Waals surface area contributed by atoms with Crippen molar-refractivity contribution in [2.75, 3.05) is 18.0 Å². The summed E-state index contributed by atoms with van der Waals surface area (Å²) in [6.07, 6.45) is 1.08. The Morgan fingerprint density at radius 1 is 1.08 bits per heavy atom. The molecule has 39 heavy (non-hydrogen) atoms. The van der Waals surface area contributed by atoms with Crippen LogP contribution in [-0.2, 0) is 14.8 Å². The average Bonchev–Trinajstić information content (AvgIpc) is 2.96. The number of nitrogens with zero attached hydrogens (tertiary/aromatic N) is 1. The van der Waals surface area contributed by atoms with Crippen LogP contribution in [-0.4, -0.2) is 39.7 Å². The smallest absolute Gasteiger partial charge is 0.264 e. The summed E-state index contributed by atoms with van der Waals surface area (Å²) in [5.74, 6) is 1.12. The van der Waals surface area contributed by atoms with E-state index in [4.69, 9.17) is 25.8 Å². The van der Waals surface area contributed by atoms with Gasteiger partial charge >= 0.3 is 0 Å². The molecule has 0 aromatic heterocycles. The summed E-state index contributed by atoms with van der Waals surface area (Å²) in [6.45, 7) is 3.93. The highest BCUT2D eigenvalue weighted by molar-refractivity contribution is 7.92. The Kier molecular flexibility index (Phi) is 7.39. The van der Waals surface area contributed by atoms with Gasteiger partial charge in [-0.1, -0.05) is 43.6 Å². The van der Waals surface area contributed by atoms with E-state index >= 15 is 0 Å². The summed E-state index contributed by atoms with van der Waals surface area (Å²) >= 11 is 6.22. The van der Waals surface area contributed by atoms with E-state index in [1.54, 1.807) is 24.3 Å². The Hall–Kier alpha value is -3.43. The molecule has 0 saturated heterocycles. The molecule has 0 saturated carbocycles. The molecule has 8 nitrogen and oxygen atoms in total. The number of benzene rings is 3. The quantitative estimate of drug-likeness (QED) is 0.403. The molecule has 0 bridgehead atoms. The van der Waals surface area contributed by atoms with E-state index in [0.717, 1.165) is 24.2 Å². The van der Waals surface area contributed by atoms with Gasteiger partial charge < -0.3 is 19.5 Å². The summed E-state index contributed by atoms with van der Waals surface area (Å²) in [4.78, 5) is 13.8. The molecule has 3 aromatic carbocycles. The van der Waals surface area contributed by atoms with Crippen LogP contribution in [0.3, 0.4) is 0 Å². The number of ether oxygens (including phenoxy) is 3. The number of para-hydroxylation sites is 1. The van der Waals surface area contributed by atoms with Crippen molar-refractivity contribution >= 4 is 33.2 Å². The Labute approximate surface area is 233 Å². The maximum Gasteiger partial charge on any atom is 0.264 e. The number of anilines is 1. The van der Waals surface area contributed by atoms with E-state index in [2.05, 4.69) is 19.2 Å². The minimum Gasteiger partial charge on any atom is -0.497 e. The van der Waals surface area contributed by atoms with Crippen molar-refractivity contribution in [1.29, 1.82) is 0 Å². The average molecular weight is 571 g/mol. The van der Waals surface area contributed by atoms with Crippen molar-refractivity contribution in [3.8, 4) is 17.2 Å². The molecule has 0 unspecified atom stereocenters. The topological polar surface area (TPSA) is 94.2 Å². The first kappa shape index (κ1) is 27.1. The van der Waals surface area contributed by atoms with Gasteiger partial charge in [0.05, 0.1) is 30.3 Å². The number of carbonyl (C=O) groups excluding carboxylic acids is 1. The first-order valence-electron chi connectivity index (χ1n) is 12.9. The Morgan fingerprint density at radius 3 is 2.49 bits per heavy atom. The Bertz CT molecular complexity index is 1470. The van der Waals surface area contributed by atoms with E-state index in [0.29, 0.717) is 17.2 Å². The highest BCUT2D eigenvalue weighted by atomic mass is 35.5. The minimum atomic E-state index is -4.05. The van der Waals surface area contributed by atoms with Gasteiger partial charge in [-0.25, -0.2) is 8.42 Å². The zero-order valence-corrected chi connectivity index (χ0v) is 23.6. The van der Waals surface area contributed by atoms with Crippen molar-refractivity contribution in [2.24, 2.45) is 0 Å². The van der Waals surface area contributed by atoms with Gasteiger partial charge in [0.15, 0.2) is 6.10 Å². The van der Waals surface area contributed by atoms with Gasteiger partial charge in [0, 0.05) is 17.0 Å². The number of halogens is 1. The molecule has 0 aliphatic carbocycles. The number of fused-ring (bicyclic) bond motifs is 2. The predicted octanol–water partition coefficient (Wildman–Crippen LogP) is 5.50. The molecule has 2 aliphatic heterocycles. The summed E-state index contributed by atoms with van der Waals surface area (Å²) in [6, 6.07) is 18.2. The standard InChI is InChI=1S/C29H31ClN2O6S/c1-4-29(5-2)17-23(22-8-6-7-9-25(22)38-29)31-28(33)27-18-32(24-16-19(30)10-15-26(24)37-27)39(34,35)21-13-11-20(36-3)12-14-21/h6-16,23,27H,4-5,17-18H2,1-3H3,(H,31,33)/t23-,27+/m1/s1. The molecule has 2 aliphatic rings. The summed E-state index contributed by atoms with van der Waals surface area (Å²) < 4.78 is 46.3. The molecular formula is C29H31ClN2O6S. The number of nitrogens with one attached hydrogen (secondary N) is 1. The molecule has 10 heteroatoms. The van der Waals surface area contributed by atoms with Gasteiger partial charge in [-0.15, -0.1) is 0 Å². The van der Waals surface area contributed by atoms with E-state index in [9.17, 15) is 13.2 Å². The van der Waals surface area contributed by atoms with Crippen LogP contribution in [0.2, 0.25) is 5.02 Å². The summed E-state index contributed by atoms with van der Waals surface area (Å²) in [7, 11) is -2.54. The van der Waals surface area contributed by atoms with Gasteiger partial charge in [0.1, 0.15) is 22.8 Å². The van der Waals surface area contributed by atoms with Crippen LogP contribution in [0.15, 0.2) is 71.6 Å². The number of carbonyl (C=O) groups is 1. The van der Waals surface area contributed by atoms with Gasteiger partial charge in [0.2, 0.25) is 0 Å². The van der Waals surface area contributed by atoms with E-state index < -0.39 is 27.6 Å². The molecule has 2 atom stereocenters. The molecule has 0 spiro atoms. The molecule has 0 radical (unpaired) electrons. The fourth-order valence-electron chi connectivity index (χ4n) is 5.16. The number of amides is 1. The largest absolute Gasteiger partial charge is 0.497 e. The first-order valence-corrected chi connectivity index (χ1v) is 14.7. The normalized spacial score (nSPS) is 19.6. The third-order valence-electron chi connectivity index (χ3n) is 7.53. The van der Waals surface area contributed by atoms with E-state index in [-0.39, 0.29) is 28.9 Å². The van der Waals surface area contributed by atoms with Crippen LogP contribution in [0.1, 0.15) is 44.7 Å². The number of hydrogen-bond acceptors (Lipinski definition) is 6. The Morgan fingerprint density at radius 2 is 1.79 bits per heavy atom. The maximum atomic E-state index is 13.8. The van der Waals surface area contributed by atoms with Crippen molar-refractivity contribution in [2.45, 2.75) is 55.8 Å². The second kappa shape index (κ2) is 10.6. The van der Waals surface area contributed by atoms with Crippen molar-refractivity contribution in [1.82, 2.24) is 5.32 Å². The zero-order valence-electron chi connectivity index (χ0n) is 22.0. The molecule has 0 fully saturated rings. The van der Waals surface area contributed by atoms with Crippen LogP contribution in [0, 0.1) is 0 Å². The summed E-state index contributed by atoms with van der Waals surface area (Å²) in [5.41, 5.74) is 0.746. The van der Waals surface area contributed by atoms with Gasteiger partial charge in [-0.05, 0) is 61.4 Å². The third kappa shape index (κ3) is 5.13. The fraction of sp³-hybridized carbons (Fsp3) is 0.345. The SMILES string of the molecule is CCC1(CC)C[C@@H](NC(=O)[C@@H]2CN(S(=O)(=O)c3ccc(OC)cc3)c3cc(Cl)ccc3O2)c2ccccc2O1. The number of methoxy groups -OCH3 is 1. The monoisotopic (exact) mass is 570 g/mol. The van der Waals surface area contributed by atoms with Crippen LogP contribution in [0.25, 0.3) is 0 Å². The fourth-order valence-corrected chi connectivity index (χ4v) is 6.79. The lowest BCUT2D eigenvalue weighted by Crippen LogP contribution is -2.52. The van der Waals surface area contributed by atoms with E-state index in [1.165, 1.54) is 29.6 Å². The first-order chi connectivity index (χ1) is 18.7. The van der Waals surface area contributed by atoms with Crippen molar-refractivity contribution in [3.63, 3.8) is 0 Å². The Balaban J connectivity index is 1.46. The lowest BCUT2D eigenvalue weighted by Gasteiger charge is -2.42. The van der Waals surface area contributed by atoms with Crippen LogP contribution >= 0.6 is 11.6 Å². The second-order valence-corrected chi connectivity index (χ2v) is 12.0. The molecular weight excluding hydrogens is 540 g/mol. The predicted molar refractivity (Wildman–Crippen MR) is 149 cm³/mol. The lowest BCUT2D eigenvalue weighted by atomic mass is 9.83. The molecule has 206 valence electrons. The number of hydrogen-bond donors (Lipinski definition) is 1. The zero-order chi connectivity index (χ0) is 27.8. The molecule has 3 aromatic rings. The maximum absolute atomic E-state index is 13.8. The number of sulfonamides is 1. The van der Waals surface area contributed by atoms with E-state index in [1.807, 2.05) is 24.3 Å². The molecule has 1 amide bonds. The highest BCUT2D eigenvalue weighted by Gasteiger charge is 2.42. The lowest BCUT2D eigenvalue weighted by molar-refractivity contribution is -0.129. The van der Waals surface area contributed by atoms with Crippen LogP contribution in [0.4, 0.5) is 5.69 Å². The molecule has 5 rings (SSSR count). The second-order valence-electron chi connectivity index (χ2n) is 9.73. The molecule has 1 N–H and O–H groups in total. The van der Waals surface area contributed by atoms with Crippen molar-refractivity contribution < 1.29 is 27.4 Å². The minimum absolute atomic E-state index is 0.0596. The number of rotatable bonds is 7. The van der Waals surface area contributed by atoms with Crippen LogP contribution < -0.4 is 23.8 Å². The third-order valence-corrected chi connectivity index (χ3v) is 9.56. The van der Waals surface area contributed by atoms with Gasteiger partial charge in [0.25, 0.3) is 15.9 Å². The van der Waals surface area contributed by atoms with Gasteiger partial charge in [-0.3, -0.25) is 9.10 Å².